The van der Waals surface area contributed by atoms with Crippen LogP contribution in [0.1, 0.15) is 19.8 Å². The van der Waals surface area contributed by atoms with Gasteiger partial charge >= 0.3 is 0 Å². The quantitative estimate of drug-likeness (QED) is 0.845. The van der Waals surface area contributed by atoms with Crippen molar-refractivity contribution < 1.29 is 8.42 Å². The highest BCUT2D eigenvalue weighted by Gasteiger charge is 2.38. The van der Waals surface area contributed by atoms with E-state index in [0.717, 1.165) is 18.5 Å². The topological polar surface area (TPSA) is 37.4 Å². The highest BCUT2D eigenvalue weighted by molar-refractivity contribution is 7.92. The lowest BCUT2D eigenvalue weighted by atomic mass is 10.2. The molecule has 1 saturated carbocycles. The molecule has 110 valence electrons. The minimum Gasteiger partial charge on any atom is -0.263 e. The van der Waals surface area contributed by atoms with Gasteiger partial charge in [-0.3, -0.25) is 4.31 Å². The first-order valence-corrected chi connectivity index (χ1v) is 8.69. The van der Waals surface area contributed by atoms with Crippen molar-refractivity contribution in [1.29, 1.82) is 0 Å². The van der Waals surface area contributed by atoms with Crippen LogP contribution in [0.25, 0.3) is 0 Å². The maximum absolute atomic E-state index is 13.0. The van der Waals surface area contributed by atoms with Crippen molar-refractivity contribution in [3.63, 3.8) is 0 Å². The number of rotatable bonds is 5. The smallest absolute Gasteiger partial charge is 0.263 e. The third kappa shape index (κ3) is 2.81. The SMILES string of the molecule is C[C@@H](C1CC1)N(c1ccccc1)S(=O)(=O)c1ccccc1. The van der Waals surface area contributed by atoms with Crippen LogP contribution in [-0.2, 0) is 10.0 Å². The lowest BCUT2D eigenvalue weighted by Crippen LogP contribution is -2.40. The lowest BCUT2D eigenvalue weighted by molar-refractivity contribution is 0.566. The Morgan fingerprint density at radius 2 is 1.48 bits per heavy atom. The van der Waals surface area contributed by atoms with E-state index in [1.54, 1.807) is 28.6 Å². The molecular formula is C17H19NO2S. The molecule has 0 bridgehead atoms. The summed E-state index contributed by atoms with van der Waals surface area (Å²) >= 11 is 0. The van der Waals surface area contributed by atoms with Crippen LogP contribution in [0.15, 0.2) is 65.6 Å². The van der Waals surface area contributed by atoms with Gasteiger partial charge in [0.1, 0.15) is 0 Å². The van der Waals surface area contributed by atoms with Gasteiger partial charge in [-0.15, -0.1) is 0 Å². The molecule has 0 saturated heterocycles. The molecular weight excluding hydrogens is 282 g/mol. The van der Waals surface area contributed by atoms with Crippen molar-refractivity contribution >= 4 is 15.7 Å². The molecule has 3 rings (SSSR count). The van der Waals surface area contributed by atoms with Gasteiger partial charge in [-0.25, -0.2) is 8.42 Å². The molecule has 1 aliphatic rings. The van der Waals surface area contributed by atoms with Gasteiger partial charge in [0.05, 0.1) is 10.6 Å². The highest BCUT2D eigenvalue weighted by atomic mass is 32.2. The van der Waals surface area contributed by atoms with Crippen molar-refractivity contribution in [2.24, 2.45) is 5.92 Å². The second-order valence-electron chi connectivity index (χ2n) is 5.53. The first kappa shape index (κ1) is 14.1. The Labute approximate surface area is 126 Å². The number of hydrogen-bond acceptors (Lipinski definition) is 2. The minimum absolute atomic E-state index is 0.0161. The zero-order valence-electron chi connectivity index (χ0n) is 12.0. The summed E-state index contributed by atoms with van der Waals surface area (Å²) in [5.74, 6) is 0.462. The largest absolute Gasteiger partial charge is 0.264 e. The van der Waals surface area contributed by atoms with Crippen LogP contribution in [0.2, 0.25) is 0 Å². The Hall–Kier alpha value is -1.81. The second kappa shape index (κ2) is 5.53. The van der Waals surface area contributed by atoms with Crippen molar-refractivity contribution in [1.82, 2.24) is 0 Å². The number of hydrogen-bond donors (Lipinski definition) is 0. The van der Waals surface area contributed by atoms with Crippen LogP contribution in [0.5, 0.6) is 0 Å². The Bertz CT molecular complexity index is 694. The van der Waals surface area contributed by atoms with Crippen molar-refractivity contribution in [2.75, 3.05) is 4.31 Å². The van der Waals surface area contributed by atoms with Crippen LogP contribution >= 0.6 is 0 Å². The zero-order chi connectivity index (χ0) is 14.9. The highest BCUT2D eigenvalue weighted by Crippen LogP contribution is 2.39. The zero-order valence-corrected chi connectivity index (χ0v) is 12.8. The Kier molecular flexibility index (Phi) is 3.72. The molecule has 0 heterocycles. The summed E-state index contributed by atoms with van der Waals surface area (Å²) in [5, 5.41) is 0. The van der Waals surface area contributed by atoms with Gasteiger partial charge in [-0.2, -0.15) is 0 Å². The minimum atomic E-state index is -3.53. The molecule has 2 aromatic rings. The second-order valence-corrected chi connectivity index (χ2v) is 7.34. The summed E-state index contributed by atoms with van der Waals surface area (Å²) in [6.07, 6.45) is 2.21. The van der Waals surface area contributed by atoms with E-state index in [4.69, 9.17) is 0 Å². The number of para-hydroxylation sites is 1. The van der Waals surface area contributed by atoms with Gasteiger partial charge < -0.3 is 0 Å². The van der Waals surface area contributed by atoms with E-state index in [1.165, 1.54) is 0 Å². The molecule has 1 atom stereocenters. The molecule has 2 aromatic carbocycles. The Morgan fingerprint density at radius 3 is 2.00 bits per heavy atom. The van der Waals surface area contributed by atoms with E-state index < -0.39 is 10.0 Å². The van der Waals surface area contributed by atoms with Crippen LogP contribution in [0, 0.1) is 5.92 Å². The summed E-state index contributed by atoms with van der Waals surface area (Å²) in [6, 6.07) is 18.0. The average molecular weight is 301 g/mol. The van der Waals surface area contributed by atoms with Crippen molar-refractivity contribution in [3.8, 4) is 0 Å². The van der Waals surface area contributed by atoms with Crippen LogP contribution < -0.4 is 4.31 Å². The maximum atomic E-state index is 13.0. The molecule has 3 nitrogen and oxygen atoms in total. The van der Waals surface area contributed by atoms with Crippen LogP contribution in [0.3, 0.4) is 0 Å². The number of benzene rings is 2. The first-order chi connectivity index (χ1) is 10.1. The molecule has 0 amide bonds. The van der Waals surface area contributed by atoms with Crippen LogP contribution in [0.4, 0.5) is 5.69 Å². The molecule has 21 heavy (non-hydrogen) atoms. The molecule has 0 aromatic heterocycles. The Morgan fingerprint density at radius 1 is 0.952 bits per heavy atom. The van der Waals surface area contributed by atoms with Crippen LogP contribution in [-0.4, -0.2) is 14.5 Å². The fourth-order valence-electron chi connectivity index (χ4n) is 2.64. The van der Waals surface area contributed by atoms with E-state index in [2.05, 4.69) is 0 Å². The number of sulfonamides is 1. The van der Waals surface area contributed by atoms with Crippen molar-refractivity contribution in [3.05, 3.63) is 60.7 Å². The summed E-state index contributed by atoms with van der Waals surface area (Å²) in [5.41, 5.74) is 0.737. The maximum Gasteiger partial charge on any atom is 0.264 e. The number of nitrogens with zero attached hydrogens (tertiary/aromatic N) is 1. The fourth-order valence-corrected chi connectivity index (χ4v) is 4.38. The van der Waals surface area contributed by atoms with Gasteiger partial charge in [0.15, 0.2) is 0 Å². The van der Waals surface area contributed by atoms with Gasteiger partial charge in [0.2, 0.25) is 0 Å². The van der Waals surface area contributed by atoms with E-state index in [0.29, 0.717) is 10.8 Å². The first-order valence-electron chi connectivity index (χ1n) is 7.25. The fraction of sp³-hybridized carbons (Fsp3) is 0.294. The molecule has 0 radical (unpaired) electrons. The monoisotopic (exact) mass is 301 g/mol. The van der Waals surface area contributed by atoms with Crippen molar-refractivity contribution in [2.45, 2.75) is 30.7 Å². The molecule has 0 aliphatic heterocycles. The van der Waals surface area contributed by atoms with E-state index in [1.807, 2.05) is 43.3 Å². The Balaban J connectivity index is 2.07. The summed E-state index contributed by atoms with van der Waals surface area (Å²) in [6.45, 7) is 2.01. The van der Waals surface area contributed by atoms with Gasteiger partial charge in [0.25, 0.3) is 10.0 Å². The molecule has 1 fully saturated rings. The molecule has 1 aliphatic carbocycles. The van der Waals surface area contributed by atoms with Gasteiger partial charge in [-0.1, -0.05) is 36.4 Å². The third-order valence-corrected chi connectivity index (χ3v) is 5.91. The van der Waals surface area contributed by atoms with E-state index >= 15 is 0 Å². The lowest BCUT2D eigenvalue weighted by Gasteiger charge is -2.30. The normalized spacial score (nSPS) is 16.4. The van der Waals surface area contributed by atoms with E-state index in [-0.39, 0.29) is 6.04 Å². The molecule has 0 spiro atoms. The predicted molar refractivity (Wildman–Crippen MR) is 84.7 cm³/mol. The summed E-state index contributed by atoms with van der Waals surface area (Å²) in [7, 11) is -3.53. The molecule has 4 heteroatoms. The molecule has 0 unspecified atom stereocenters. The third-order valence-electron chi connectivity index (χ3n) is 3.98. The summed E-state index contributed by atoms with van der Waals surface area (Å²) < 4.78 is 27.6. The standard InChI is InChI=1S/C17H19NO2S/c1-14(15-12-13-15)18(16-8-4-2-5-9-16)21(19,20)17-10-6-3-7-11-17/h2-11,14-15H,12-13H2,1H3/t14-/m0/s1. The van der Waals surface area contributed by atoms with Gasteiger partial charge in [-0.05, 0) is 49.9 Å². The number of anilines is 1. The molecule has 0 N–H and O–H groups in total. The average Bonchev–Trinajstić information content (AvgIpc) is 3.34. The van der Waals surface area contributed by atoms with Gasteiger partial charge in [0, 0.05) is 6.04 Å². The predicted octanol–water partition coefficient (Wildman–Crippen LogP) is 3.68. The van der Waals surface area contributed by atoms with E-state index in [9.17, 15) is 8.42 Å². The summed E-state index contributed by atoms with van der Waals surface area (Å²) in [4.78, 5) is 0.348.